The molecule has 1 aliphatic heterocycles. The Balaban J connectivity index is 1.43. The monoisotopic (exact) mass is 431 g/mol. The number of nitrogens with zero attached hydrogens (tertiary/aromatic N) is 6. The first-order chi connectivity index (χ1) is 16.3. The second-order valence-corrected chi connectivity index (χ2v) is 8.09. The highest BCUT2D eigenvalue weighted by Crippen LogP contribution is 2.30. The van der Waals surface area contributed by atoms with Gasteiger partial charge in [-0.3, -0.25) is 4.98 Å². The summed E-state index contributed by atoms with van der Waals surface area (Å²) < 4.78 is 1.75. The summed E-state index contributed by atoms with van der Waals surface area (Å²) >= 11 is 0. The second-order valence-electron chi connectivity index (χ2n) is 8.09. The number of rotatable bonds is 3. The van der Waals surface area contributed by atoms with Crippen molar-refractivity contribution >= 4 is 22.2 Å². The average Bonchev–Trinajstić information content (AvgIpc) is 3.31. The first-order valence-electron chi connectivity index (χ1n) is 11.0. The van der Waals surface area contributed by atoms with Gasteiger partial charge in [0.1, 0.15) is 6.07 Å². The highest BCUT2D eigenvalue weighted by molar-refractivity contribution is 5.93. The predicted molar refractivity (Wildman–Crippen MR) is 129 cm³/mol. The van der Waals surface area contributed by atoms with E-state index in [1.165, 1.54) is 5.69 Å². The molecule has 33 heavy (non-hydrogen) atoms. The normalized spacial score (nSPS) is 14.0. The summed E-state index contributed by atoms with van der Waals surface area (Å²) in [7, 11) is 0. The molecule has 7 heteroatoms. The third kappa shape index (κ3) is 3.37. The Hall–Kier alpha value is -4.28. The van der Waals surface area contributed by atoms with Gasteiger partial charge in [-0.25, -0.2) is 9.50 Å². The number of anilines is 1. The van der Waals surface area contributed by atoms with E-state index in [-0.39, 0.29) is 0 Å². The molecule has 5 aromatic rings. The molecule has 0 bridgehead atoms. The molecule has 0 unspecified atom stereocenters. The molecule has 3 aromatic heterocycles. The van der Waals surface area contributed by atoms with Gasteiger partial charge in [0.2, 0.25) is 0 Å². The largest absolute Gasteiger partial charge is 0.369 e. The molecule has 6 rings (SSSR count). The van der Waals surface area contributed by atoms with Crippen molar-refractivity contribution in [1.82, 2.24) is 24.9 Å². The standard InChI is InChI=1S/C26H21N7/c27-16-24-22(18-5-7-19(8-6-18)32-13-11-28-12-14-32)15-26-30-17-25(33(26)31-24)21-9-10-29-23-4-2-1-3-20(21)23/h1-10,15,17,28H,11-14H2. The lowest BCUT2D eigenvalue weighted by Gasteiger charge is -2.29. The Morgan fingerprint density at radius 3 is 2.55 bits per heavy atom. The Bertz CT molecular complexity index is 1500. The van der Waals surface area contributed by atoms with Gasteiger partial charge in [-0.1, -0.05) is 30.3 Å². The Kier molecular flexibility index (Phi) is 4.71. The quantitative estimate of drug-likeness (QED) is 0.467. The number of hydrogen-bond donors (Lipinski definition) is 1. The molecule has 2 aromatic carbocycles. The zero-order valence-corrected chi connectivity index (χ0v) is 17.9. The minimum absolute atomic E-state index is 0.370. The highest BCUT2D eigenvalue weighted by Gasteiger charge is 2.16. The fraction of sp³-hybridized carbons (Fsp3) is 0.154. The molecule has 0 spiro atoms. The lowest BCUT2D eigenvalue weighted by Crippen LogP contribution is -2.43. The number of imidazole rings is 1. The van der Waals surface area contributed by atoms with Crippen molar-refractivity contribution in [2.24, 2.45) is 0 Å². The molecular weight excluding hydrogens is 410 g/mol. The molecule has 0 atom stereocenters. The molecule has 0 radical (unpaired) electrons. The van der Waals surface area contributed by atoms with Crippen LogP contribution in [-0.2, 0) is 0 Å². The molecule has 1 saturated heterocycles. The van der Waals surface area contributed by atoms with E-state index in [0.29, 0.717) is 11.3 Å². The van der Waals surface area contributed by atoms with Crippen LogP contribution in [0, 0.1) is 11.3 Å². The minimum Gasteiger partial charge on any atom is -0.369 e. The van der Waals surface area contributed by atoms with Crippen molar-refractivity contribution in [3.63, 3.8) is 0 Å². The van der Waals surface area contributed by atoms with Gasteiger partial charge < -0.3 is 10.2 Å². The number of nitrogens with one attached hydrogen (secondary N) is 1. The van der Waals surface area contributed by atoms with Gasteiger partial charge in [0.05, 0.1) is 17.4 Å². The van der Waals surface area contributed by atoms with Crippen LogP contribution in [-0.4, -0.2) is 45.8 Å². The van der Waals surface area contributed by atoms with Crippen LogP contribution >= 0.6 is 0 Å². The number of benzene rings is 2. The number of hydrogen-bond acceptors (Lipinski definition) is 6. The van der Waals surface area contributed by atoms with Gasteiger partial charge in [0.15, 0.2) is 11.3 Å². The fourth-order valence-electron chi connectivity index (χ4n) is 4.50. The maximum atomic E-state index is 9.90. The average molecular weight is 432 g/mol. The van der Waals surface area contributed by atoms with E-state index in [2.05, 4.69) is 55.6 Å². The van der Waals surface area contributed by atoms with Gasteiger partial charge in [-0.2, -0.15) is 10.4 Å². The Morgan fingerprint density at radius 2 is 1.73 bits per heavy atom. The topological polar surface area (TPSA) is 82.1 Å². The van der Waals surface area contributed by atoms with Crippen molar-refractivity contribution in [2.75, 3.05) is 31.1 Å². The third-order valence-corrected chi connectivity index (χ3v) is 6.18. The zero-order chi connectivity index (χ0) is 22.2. The van der Waals surface area contributed by atoms with Crippen LogP contribution in [0.4, 0.5) is 5.69 Å². The first kappa shape index (κ1) is 19.4. The summed E-state index contributed by atoms with van der Waals surface area (Å²) in [6.45, 7) is 3.99. The van der Waals surface area contributed by atoms with Crippen molar-refractivity contribution in [2.45, 2.75) is 0 Å². The van der Waals surface area contributed by atoms with Crippen LogP contribution in [0.3, 0.4) is 0 Å². The van der Waals surface area contributed by atoms with Crippen LogP contribution in [0.1, 0.15) is 5.69 Å². The van der Waals surface area contributed by atoms with E-state index in [9.17, 15) is 5.26 Å². The molecule has 7 nitrogen and oxygen atoms in total. The maximum Gasteiger partial charge on any atom is 0.169 e. The van der Waals surface area contributed by atoms with E-state index in [1.54, 1.807) is 10.7 Å². The van der Waals surface area contributed by atoms with Gasteiger partial charge in [-0.05, 0) is 35.9 Å². The van der Waals surface area contributed by atoms with Crippen molar-refractivity contribution in [1.29, 1.82) is 5.26 Å². The van der Waals surface area contributed by atoms with E-state index in [1.807, 2.05) is 42.6 Å². The molecule has 1 fully saturated rings. The lowest BCUT2D eigenvalue weighted by atomic mass is 10.0. The predicted octanol–water partition coefficient (Wildman–Crippen LogP) is 3.89. The van der Waals surface area contributed by atoms with Crippen molar-refractivity contribution < 1.29 is 0 Å². The van der Waals surface area contributed by atoms with Gasteiger partial charge in [0, 0.05) is 54.6 Å². The SMILES string of the molecule is N#Cc1nn2c(-c3ccnc4ccccc34)cnc2cc1-c1ccc(N2CCNCC2)cc1. The van der Waals surface area contributed by atoms with E-state index in [0.717, 1.165) is 59.5 Å². The number of pyridine rings is 1. The highest BCUT2D eigenvalue weighted by atomic mass is 15.3. The molecular formula is C26H21N7. The summed E-state index contributed by atoms with van der Waals surface area (Å²) in [4.78, 5) is 11.4. The van der Waals surface area contributed by atoms with Crippen LogP contribution in [0.25, 0.3) is 38.9 Å². The molecule has 160 valence electrons. The van der Waals surface area contributed by atoms with E-state index in [4.69, 9.17) is 0 Å². The number of nitriles is 1. The van der Waals surface area contributed by atoms with E-state index >= 15 is 0 Å². The Morgan fingerprint density at radius 1 is 0.909 bits per heavy atom. The molecule has 0 amide bonds. The summed E-state index contributed by atoms with van der Waals surface area (Å²) in [6.07, 6.45) is 3.60. The summed E-state index contributed by atoms with van der Waals surface area (Å²) in [5, 5.41) is 19.0. The number of fused-ring (bicyclic) bond motifs is 2. The molecule has 1 N–H and O–H groups in total. The van der Waals surface area contributed by atoms with Crippen LogP contribution in [0.2, 0.25) is 0 Å². The van der Waals surface area contributed by atoms with Gasteiger partial charge in [0.25, 0.3) is 0 Å². The summed E-state index contributed by atoms with van der Waals surface area (Å²) in [6, 6.07) is 22.5. The second kappa shape index (κ2) is 8.01. The Labute approximate surface area is 190 Å². The minimum atomic E-state index is 0.370. The van der Waals surface area contributed by atoms with Crippen LogP contribution in [0.15, 0.2) is 73.1 Å². The van der Waals surface area contributed by atoms with Crippen molar-refractivity contribution in [3.05, 3.63) is 78.8 Å². The van der Waals surface area contributed by atoms with Crippen LogP contribution < -0.4 is 10.2 Å². The molecule has 4 heterocycles. The maximum absolute atomic E-state index is 9.90. The zero-order valence-electron chi connectivity index (χ0n) is 17.9. The molecule has 0 saturated carbocycles. The third-order valence-electron chi connectivity index (χ3n) is 6.18. The smallest absolute Gasteiger partial charge is 0.169 e. The van der Waals surface area contributed by atoms with Gasteiger partial charge >= 0.3 is 0 Å². The number of aromatic nitrogens is 4. The first-order valence-corrected chi connectivity index (χ1v) is 11.0. The lowest BCUT2D eigenvalue weighted by molar-refractivity contribution is 0.589. The van der Waals surface area contributed by atoms with Gasteiger partial charge in [-0.15, -0.1) is 0 Å². The number of piperazine rings is 1. The summed E-state index contributed by atoms with van der Waals surface area (Å²) in [5.41, 5.74) is 6.74. The van der Waals surface area contributed by atoms with Crippen molar-refractivity contribution in [3.8, 4) is 28.5 Å². The fourth-order valence-corrected chi connectivity index (χ4v) is 4.50. The molecule has 1 aliphatic rings. The van der Waals surface area contributed by atoms with Crippen LogP contribution in [0.5, 0.6) is 0 Å². The summed E-state index contributed by atoms with van der Waals surface area (Å²) in [5.74, 6) is 0. The van der Waals surface area contributed by atoms with E-state index < -0.39 is 0 Å². The number of para-hydroxylation sites is 1. The molecule has 0 aliphatic carbocycles.